The number of hydrogen-bond donors (Lipinski definition) is 0. The van der Waals surface area contributed by atoms with E-state index < -0.39 is 0 Å². The zero-order valence-corrected chi connectivity index (χ0v) is 10.1. The van der Waals surface area contributed by atoms with Crippen molar-refractivity contribution in [2.75, 3.05) is 13.1 Å². The zero-order chi connectivity index (χ0) is 11.2. The smallest absolute Gasteiger partial charge is 0.0639 e. The molecule has 0 aromatic heterocycles. The highest BCUT2D eigenvalue weighted by atomic mass is 15.2. The summed E-state index contributed by atoms with van der Waals surface area (Å²) in [4.78, 5) is 7.52. The maximum Gasteiger partial charge on any atom is 0.0639 e. The van der Waals surface area contributed by atoms with E-state index in [1.54, 1.807) is 5.70 Å². The summed E-state index contributed by atoms with van der Waals surface area (Å²) in [5, 5.41) is 0. The first-order valence-electron chi connectivity index (χ1n) is 6.85. The van der Waals surface area contributed by atoms with E-state index in [9.17, 15) is 0 Å². The van der Waals surface area contributed by atoms with Crippen LogP contribution in [0.4, 0.5) is 0 Å². The average molecular weight is 226 g/mol. The quantitative estimate of drug-likeness (QED) is 0.620. The molecule has 0 aromatic carbocycles. The van der Waals surface area contributed by atoms with Gasteiger partial charge in [-0.25, -0.2) is 0 Å². The molecule has 2 heteroatoms. The number of allylic oxidation sites excluding steroid dienone is 6. The maximum absolute atomic E-state index is 4.93. The van der Waals surface area contributed by atoms with E-state index in [0.717, 1.165) is 0 Å². The molecule has 0 amide bonds. The predicted molar refractivity (Wildman–Crippen MR) is 69.8 cm³/mol. The summed E-state index contributed by atoms with van der Waals surface area (Å²) >= 11 is 0. The average Bonchev–Trinajstić information content (AvgIpc) is 2.78. The molecule has 2 atom stereocenters. The zero-order valence-electron chi connectivity index (χ0n) is 10.1. The third kappa shape index (κ3) is 1.36. The fourth-order valence-electron chi connectivity index (χ4n) is 3.71. The van der Waals surface area contributed by atoms with E-state index >= 15 is 0 Å². The van der Waals surface area contributed by atoms with Crippen molar-refractivity contribution >= 4 is 5.71 Å². The first-order valence-corrected chi connectivity index (χ1v) is 6.85. The molecular weight excluding hydrogens is 208 g/mol. The van der Waals surface area contributed by atoms with E-state index in [1.165, 1.54) is 50.2 Å². The van der Waals surface area contributed by atoms with Gasteiger partial charge in [-0.05, 0) is 31.8 Å². The van der Waals surface area contributed by atoms with Gasteiger partial charge >= 0.3 is 0 Å². The first kappa shape index (κ1) is 9.69. The Kier molecular flexibility index (Phi) is 2.05. The summed E-state index contributed by atoms with van der Waals surface area (Å²) in [5.74, 6) is 1.25. The van der Waals surface area contributed by atoms with E-state index in [-0.39, 0.29) is 0 Å². The number of aliphatic imine (C=N–C) groups is 1. The maximum atomic E-state index is 4.93. The van der Waals surface area contributed by atoms with Crippen molar-refractivity contribution in [1.82, 2.24) is 4.90 Å². The van der Waals surface area contributed by atoms with Gasteiger partial charge in [-0.2, -0.15) is 0 Å². The van der Waals surface area contributed by atoms with E-state index in [2.05, 4.69) is 29.2 Å². The van der Waals surface area contributed by atoms with Crippen LogP contribution in [0.25, 0.3) is 0 Å². The van der Waals surface area contributed by atoms with Crippen LogP contribution in [0, 0.1) is 11.8 Å². The minimum atomic E-state index is 0.576. The molecule has 1 aliphatic carbocycles. The highest BCUT2D eigenvalue weighted by Gasteiger charge is 2.39. The number of rotatable bonds is 0. The van der Waals surface area contributed by atoms with Crippen molar-refractivity contribution < 1.29 is 0 Å². The van der Waals surface area contributed by atoms with E-state index in [4.69, 9.17) is 4.99 Å². The molecule has 88 valence electrons. The van der Waals surface area contributed by atoms with Crippen LogP contribution in [0.5, 0.6) is 0 Å². The summed E-state index contributed by atoms with van der Waals surface area (Å²) in [6.45, 7) is 2.51. The Morgan fingerprint density at radius 3 is 3.18 bits per heavy atom. The van der Waals surface area contributed by atoms with E-state index in [0.29, 0.717) is 11.8 Å². The Bertz CT molecular complexity index is 467. The standard InChI is InChI=1S/C15H18N2/c1-2-6-13-11(5-1)12-8-10-17-9-4-3-7-14(17)15(12)16-13/h1-2,5-6,11-12H,3-4,7-10H2/t11-,12-/m1/s1. The highest BCUT2D eigenvalue weighted by molar-refractivity contribution is 6.02. The largest absolute Gasteiger partial charge is 0.373 e. The van der Waals surface area contributed by atoms with Crippen LogP contribution in [0.1, 0.15) is 25.7 Å². The third-order valence-electron chi connectivity index (χ3n) is 4.55. The number of hydrogen-bond acceptors (Lipinski definition) is 2. The molecule has 1 fully saturated rings. The molecule has 4 rings (SSSR count). The Morgan fingerprint density at radius 2 is 2.18 bits per heavy atom. The normalized spacial score (nSPS) is 34.4. The Labute approximate surface area is 102 Å². The van der Waals surface area contributed by atoms with Crippen LogP contribution in [-0.4, -0.2) is 23.7 Å². The van der Waals surface area contributed by atoms with Crippen LogP contribution < -0.4 is 0 Å². The molecule has 0 spiro atoms. The van der Waals surface area contributed by atoms with Gasteiger partial charge in [-0.1, -0.05) is 18.2 Å². The fraction of sp³-hybridized carbons (Fsp3) is 0.533. The lowest BCUT2D eigenvalue weighted by molar-refractivity contribution is 0.238. The minimum absolute atomic E-state index is 0.576. The van der Waals surface area contributed by atoms with Crippen molar-refractivity contribution in [3.63, 3.8) is 0 Å². The summed E-state index contributed by atoms with van der Waals surface area (Å²) in [5.41, 5.74) is 4.29. The van der Waals surface area contributed by atoms with Gasteiger partial charge < -0.3 is 4.90 Å². The second-order valence-electron chi connectivity index (χ2n) is 5.48. The molecule has 3 heterocycles. The van der Waals surface area contributed by atoms with Crippen LogP contribution in [-0.2, 0) is 0 Å². The van der Waals surface area contributed by atoms with Crippen molar-refractivity contribution in [1.29, 1.82) is 0 Å². The topological polar surface area (TPSA) is 15.6 Å². The van der Waals surface area contributed by atoms with Crippen LogP contribution in [0.2, 0.25) is 0 Å². The van der Waals surface area contributed by atoms with Crippen LogP contribution >= 0.6 is 0 Å². The van der Waals surface area contributed by atoms with Gasteiger partial charge in [0.05, 0.1) is 5.70 Å². The van der Waals surface area contributed by atoms with Gasteiger partial charge in [0.1, 0.15) is 0 Å². The van der Waals surface area contributed by atoms with Crippen molar-refractivity contribution in [3.8, 4) is 0 Å². The molecule has 2 nitrogen and oxygen atoms in total. The van der Waals surface area contributed by atoms with Gasteiger partial charge in [0, 0.05) is 36.3 Å². The first-order chi connectivity index (χ1) is 8.43. The van der Waals surface area contributed by atoms with Gasteiger partial charge in [0.15, 0.2) is 0 Å². The lowest BCUT2D eigenvalue weighted by Crippen LogP contribution is -2.36. The molecule has 0 saturated carbocycles. The summed E-state index contributed by atoms with van der Waals surface area (Å²) in [6.07, 6.45) is 14.1. The summed E-state index contributed by atoms with van der Waals surface area (Å²) in [6, 6.07) is 0. The van der Waals surface area contributed by atoms with Crippen molar-refractivity contribution in [3.05, 3.63) is 35.7 Å². The third-order valence-corrected chi connectivity index (χ3v) is 4.55. The molecule has 0 bridgehead atoms. The van der Waals surface area contributed by atoms with Gasteiger partial charge in [0.2, 0.25) is 0 Å². The fourth-order valence-corrected chi connectivity index (χ4v) is 3.71. The van der Waals surface area contributed by atoms with Gasteiger partial charge in [-0.3, -0.25) is 4.99 Å². The van der Waals surface area contributed by atoms with Crippen LogP contribution in [0.15, 0.2) is 40.7 Å². The molecule has 0 radical (unpaired) electrons. The van der Waals surface area contributed by atoms with E-state index in [1.807, 2.05) is 0 Å². The molecule has 1 saturated heterocycles. The minimum Gasteiger partial charge on any atom is -0.373 e. The molecule has 0 N–H and O–H groups in total. The predicted octanol–water partition coefficient (Wildman–Crippen LogP) is 2.90. The van der Waals surface area contributed by atoms with Gasteiger partial charge in [-0.15, -0.1) is 0 Å². The number of fused-ring (bicyclic) bond motifs is 4. The molecular formula is C15H18N2. The molecule has 3 aliphatic heterocycles. The lowest BCUT2D eigenvalue weighted by Gasteiger charge is -2.38. The monoisotopic (exact) mass is 226 g/mol. The molecule has 0 aromatic rings. The molecule has 4 aliphatic rings. The second kappa shape index (κ2) is 3.59. The Balaban J connectivity index is 1.79. The summed E-state index contributed by atoms with van der Waals surface area (Å²) < 4.78 is 0. The molecule has 17 heavy (non-hydrogen) atoms. The molecule has 0 unspecified atom stereocenters. The summed E-state index contributed by atoms with van der Waals surface area (Å²) in [7, 11) is 0. The lowest BCUT2D eigenvalue weighted by atomic mass is 9.81. The van der Waals surface area contributed by atoms with Crippen molar-refractivity contribution in [2.24, 2.45) is 16.8 Å². The van der Waals surface area contributed by atoms with Crippen molar-refractivity contribution in [2.45, 2.75) is 25.7 Å². The number of nitrogens with zero attached hydrogens (tertiary/aromatic N) is 2. The second-order valence-corrected chi connectivity index (χ2v) is 5.48. The Morgan fingerprint density at radius 1 is 1.18 bits per heavy atom. The highest BCUT2D eigenvalue weighted by Crippen LogP contribution is 2.43. The van der Waals surface area contributed by atoms with Gasteiger partial charge in [0.25, 0.3) is 0 Å². The number of piperidine rings is 1. The van der Waals surface area contributed by atoms with Crippen LogP contribution in [0.3, 0.4) is 0 Å². The Hall–Kier alpha value is -1.31. The SMILES string of the molecule is C1=CC2=NC3=C4CCCCN4CC[C@@H]3[C@H]2C=C1.